The summed E-state index contributed by atoms with van der Waals surface area (Å²) in [6, 6.07) is 0.229. The van der Waals surface area contributed by atoms with Crippen LogP contribution in [-0.2, 0) is 0 Å². The topological polar surface area (TPSA) is 64.9 Å². The summed E-state index contributed by atoms with van der Waals surface area (Å²) in [5.74, 6) is 5.81. The highest BCUT2D eigenvalue weighted by atomic mass is 32.2. The highest BCUT2D eigenvalue weighted by Crippen LogP contribution is 2.52. The highest BCUT2D eigenvalue weighted by molar-refractivity contribution is 8.06. The minimum atomic E-state index is 0.229. The normalized spacial score (nSPS) is 42.6. The summed E-state index contributed by atoms with van der Waals surface area (Å²) in [5.41, 5.74) is 6.40. The quantitative estimate of drug-likeness (QED) is 0.920. The van der Waals surface area contributed by atoms with Crippen LogP contribution in [0.25, 0.3) is 0 Å². The second-order valence-electron chi connectivity index (χ2n) is 6.54. The van der Waals surface area contributed by atoms with Gasteiger partial charge in [-0.15, -0.1) is 11.8 Å². The zero-order chi connectivity index (χ0) is 14.4. The molecule has 21 heavy (non-hydrogen) atoms. The van der Waals surface area contributed by atoms with Gasteiger partial charge in [0.15, 0.2) is 5.82 Å². The molecular formula is C15H23N3OS2. The Morgan fingerprint density at radius 1 is 1.24 bits per heavy atom. The number of fused-ring (bicyclic) bond motifs is 2. The van der Waals surface area contributed by atoms with Gasteiger partial charge in [-0.1, -0.05) is 12.1 Å². The SMILES string of the molecule is CCC1SCCSC1c1noc(C2C3CCC(C3)C2N)n1. The molecular weight excluding hydrogens is 302 g/mol. The van der Waals surface area contributed by atoms with E-state index < -0.39 is 0 Å². The molecule has 1 aromatic rings. The van der Waals surface area contributed by atoms with Crippen molar-refractivity contribution in [2.24, 2.45) is 17.6 Å². The van der Waals surface area contributed by atoms with Gasteiger partial charge < -0.3 is 10.3 Å². The van der Waals surface area contributed by atoms with Crippen molar-refractivity contribution < 1.29 is 4.52 Å². The first-order valence-corrected chi connectivity index (χ1v) is 10.2. The molecule has 6 heteroatoms. The predicted molar refractivity (Wildman–Crippen MR) is 87.6 cm³/mol. The average Bonchev–Trinajstić information content (AvgIpc) is 3.22. The maximum absolute atomic E-state index is 6.40. The van der Waals surface area contributed by atoms with Crippen LogP contribution >= 0.6 is 23.5 Å². The van der Waals surface area contributed by atoms with E-state index in [9.17, 15) is 0 Å². The third kappa shape index (κ3) is 2.43. The van der Waals surface area contributed by atoms with Gasteiger partial charge >= 0.3 is 0 Å². The summed E-state index contributed by atoms with van der Waals surface area (Å²) in [4.78, 5) is 4.79. The predicted octanol–water partition coefficient (Wildman–Crippen LogP) is 3.21. The van der Waals surface area contributed by atoms with Crippen LogP contribution in [0.2, 0.25) is 0 Å². The maximum Gasteiger partial charge on any atom is 0.231 e. The molecule has 116 valence electrons. The number of nitrogens with zero attached hydrogens (tertiary/aromatic N) is 2. The Hall–Kier alpha value is -0.200. The minimum Gasteiger partial charge on any atom is -0.339 e. The van der Waals surface area contributed by atoms with Gasteiger partial charge in [0.25, 0.3) is 0 Å². The first-order chi connectivity index (χ1) is 10.3. The third-order valence-electron chi connectivity index (χ3n) is 5.43. The zero-order valence-corrected chi connectivity index (χ0v) is 14.0. The van der Waals surface area contributed by atoms with E-state index in [0.717, 1.165) is 11.7 Å². The molecule has 2 bridgehead atoms. The van der Waals surface area contributed by atoms with Crippen molar-refractivity contribution in [3.8, 4) is 0 Å². The van der Waals surface area contributed by atoms with E-state index in [1.54, 1.807) is 0 Å². The van der Waals surface area contributed by atoms with Crippen molar-refractivity contribution in [3.05, 3.63) is 11.7 Å². The first kappa shape index (κ1) is 14.4. The zero-order valence-electron chi connectivity index (χ0n) is 12.4. The lowest BCUT2D eigenvalue weighted by Gasteiger charge is -2.27. The van der Waals surface area contributed by atoms with Crippen LogP contribution in [0.5, 0.6) is 0 Å². The summed E-state index contributed by atoms with van der Waals surface area (Å²) in [6.45, 7) is 2.25. The van der Waals surface area contributed by atoms with Crippen LogP contribution in [0.1, 0.15) is 55.5 Å². The lowest BCUT2D eigenvalue weighted by Crippen LogP contribution is -2.34. The van der Waals surface area contributed by atoms with E-state index in [0.29, 0.717) is 28.3 Å². The Morgan fingerprint density at radius 2 is 2.05 bits per heavy atom. The van der Waals surface area contributed by atoms with E-state index >= 15 is 0 Å². The monoisotopic (exact) mass is 325 g/mol. The average molecular weight is 326 g/mol. The molecule has 2 N–H and O–H groups in total. The summed E-state index contributed by atoms with van der Waals surface area (Å²) < 4.78 is 5.65. The first-order valence-electron chi connectivity index (χ1n) is 8.10. The van der Waals surface area contributed by atoms with Crippen LogP contribution in [-0.4, -0.2) is 32.9 Å². The molecule has 4 rings (SSSR count). The number of thioether (sulfide) groups is 2. The molecule has 0 aromatic carbocycles. The molecule has 4 nitrogen and oxygen atoms in total. The van der Waals surface area contributed by atoms with E-state index in [-0.39, 0.29) is 6.04 Å². The van der Waals surface area contributed by atoms with Crippen molar-refractivity contribution >= 4 is 23.5 Å². The van der Waals surface area contributed by atoms with Crippen molar-refractivity contribution in [2.75, 3.05) is 11.5 Å². The van der Waals surface area contributed by atoms with E-state index in [1.807, 2.05) is 11.8 Å². The molecule has 6 atom stereocenters. The van der Waals surface area contributed by atoms with Crippen molar-refractivity contribution in [3.63, 3.8) is 0 Å². The van der Waals surface area contributed by atoms with E-state index in [4.69, 9.17) is 15.2 Å². The van der Waals surface area contributed by atoms with Crippen molar-refractivity contribution in [1.82, 2.24) is 10.1 Å². The van der Waals surface area contributed by atoms with Crippen LogP contribution in [0, 0.1) is 11.8 Å². The Bertz CT molecular complexity index is 507. The van der Waals surface area contributed by atoms with Gasteiger partial charge in [0.2, 0.25) is 5.89 Å². The van der Waals surface area contributed by atoms with Gasteiger partial charge in [0.1, 0.15) is 0 Å². The molecule has 2 saturated carbocycles. The lowest BCUT2D eigenvalue weighted by atomic mass is 9.85. The third-order valence-corrected chi connectivity index (χ3v) is 8.67. The largest absolute Gasteiger partial charge is 0.339 e. The molecule has 2 aliphatic carbocycles. The second kappa shape index (κ2) is 5.78. The van der Waals surface area contributed by atoms with Gasteiger partial charge in [-0.2, -0.15) is 16.7 Å². The smallest absolute Gasteiger partial charge is 0.231 e. The van der Waals surface area contributed by atoms with Gasteiger partial charge in [0.05, 0.1) is 11.2 Å². The summed E-state index contributed by atoms with van der Waals surface area (Å²) >= 11 is 4.04. The van der Waals surface area contributed by atoms with Crippen LogP contribution in [0.3, 0.4) is 0 Å². The molecule has 1 aromatic heterocycles. The minimum absolute atomic E-state index is 0.229. The number of aromatic nitrogens is 2. The number of hydrogen-bond donors (Lipinski definition) is 1. The van der Waals surface area contributed by atoms with Gasteiger partial charge in [-0.25, -0.2) is 0 Å². The van der Waals surface area contributed by atoms with Crippen molar-refractivity contribution in [2.45, 2.75) is 55.1 Å². The highest BCUT2D eigenvalue weighted by Gasteiger charge is 2.49. The Labute approximate surface area is 134 Å². The fourth-order valence-electron chi connectivity index (χ4n) is 4.34. The fraction of sp³-hybridized carbons (Fsp3) is 0.867. The lowest BCUT2D eigenvalue weighted by molar-refractivity contribution is 0.278. The molecule has 6 unspecified atom stereocenters. The molecule has 3 fully saturated rings. The van der Waals surface area contributed by atoms with Crippen LogP contribution < -0.4 is 5.73 Å². The molecule has 3 aliphatic rings. The van der Waals surface area contributed by atoms with Crippen LogP contribution in [0.4, 0.5) is 0 Å². The summed E-state index contributed by atoms with van der Waals surface area (Å²) in [7, 11) is 0. The summed E-state index contributed by atoms with van der Waals surface area (Å²) in [5, 5.41) is 5.33. The molecule has 0 amide bonds. The molecule has 1 aliphatic heterocycles. The summed E-state index contributed by atoms with van der Waals surface area (Å²) in [6.07, 6.45) is 5.00. The van der Waals surface area contributed by atoms with E-state index in [1.165, 1.54) is 37.2 Å². The van der Waals surface area contributed by atoms with Crippen LogP contribution in [0.15, 0.2) is 4.52 Å². The van der Waals surface area contributed by atoms with Gasteiger partial charge in [-0.05, 0) is 37.5 Å². The van der Waals surface area contributed by atoms with Gasteiger partial charge in [-0.3, -0.25) is 0 Å². The molecule has 1 saturated heterocycles. The number of hydrogen-bond acceptors (Lipinski definition) is 6. The Morgan fingerprint density at radius 3 is 2.81 bits per heavy atom. The standard InChI is InChI=1S/C15H23N3OS2/c1-2-10-13(21-6-5-20-10)14-17-15(19-18-14)11-8-3-4-9(7-8)12(11)16/h8-13H,2-7,16H2,1H3. The van der Waals surface area contributed by atoms with Crippen molar-refractivity contribution in [1.29, 1.82) is 0 Å². The molecule has 0 radical (unpaired) electrons. The Balaban J connectivity index is 1.55. The maximum atomic E-state index is 6.40. The second-order valence-corrected chi connectivity index (χ2v) is 9.13. The number of rotatable bonds is 3. The molecule has 0 spiro atoms. The fourth-order valence-corrected chi connectivity index (χ4v) is 7.32. The number of nitrogens with two attached hydrogens (primary N) is 1. The van der Waals surface area contributed by atoms with Gasteiger partial charge in [0, 0.05) is 22.8 Å². The van der Waals surface area contributed by atoms with E-state index in [2.05, 4.69) is 23.8 Å². The Kier molecular flexibility index (Phi) is 3.96. The molecule has 2 heterocycles.